The number of aromatic hydroxyl groups is 1. The number of carbonyl (C=O) groups excluding carboxylic acids is 1. The van der Waals surface area contributed by atoms with Crippen LogP contribution in [-0.2, 0) is 11.2 Å². The molecule has 0 saturated carbocycles. The average molecular weight is 273 g/mol. The van der Waals surface area contributed by atoms with Crippen molar-refractivity contribution < 1.29 is 14.6 Å². The Morgan fingerprint density at radius 1 is 1.53 bits per heavy atom. The Morgan fingerprint density at radius 2 is 2.27 bits per heavy atom. The zero-order valence-corrected chi connectivity index (χ0v) is 10.1. The molecule has 82 valence electrons. The third kappa shape index (κ3) is 3.23. The van der Waals surface area contributed by atoms with Gasteiger partial charge in [0.15, 0.2) is 11.5 Å². The van der Waals surface area contributed by atoms with Crippen LogP contribution in [0.1, 0.15) is 18.4 Å². The first-order valence-electron chi connectivity index (χ1n) is 4.68. The Labute approximate surface area is 97.2 Å². The molecule has 1 N–H and O–H groups in total. The number of rotatable bonds is 5. The van der Waals surface area contributed by atoms with Gasteiger partial charge in [-0.2, -0.15) is 0 Å². The van der Waals surface area contributed by atoms with Crippen molar-refractivity contribution >= 4 is 22.2 Å². The smallest absolute Gasteiger partial charge is 0.161 e. The van der Waals surface area contributed by atoms with Crippen LogP contribution in [0.2, 0.25) is 0 Å². The highest BCUT2D eigenvalue weighted by atomic mass is 79.9. The maximum absolute atomic E-state index is 10.2. The minimum atomic E-state index is 0.159. The summed E-state index contributed by atoms with van der Waals surface area (Å²) in [6.45, 7) is 0. The molecule has 4 heteroatoms. The molecule has 3 nitrogen and oxygen atoms in total. The van der Waals surface area contributed by atoms with E-state index in [-0.39, 0.29) is 5.75 Å². The first kappa shape index (κ1) is 12.0. The predicted octanol–water partition coefficient (Wildman–Crippen LogP) is 2.68. The van der Waals surface area contributed by atoms with Crippen LogP contribution in [0.25, 0.3) is 0 Å². The summed E-state index contributed by atoms with van der Waals surface area (Å²) in [6.07, 6.45) is 2.79. The van der Waals surface area contributed by atoms with Crippen molar-refractivity contribution in [1.29, 1.82) is 0 Å². The van der Waals surface area contributed by atoms with Crippen LogP contribution < -0.4 is 4.74 Å². The Morgan fingerprint density at radius 3 is 2.87 bits per heavy atom. The highest BCUT2D eigenvalue weighted by Crippen LogP contribution is 2.34. The van der Waals surface area contributed by atoms with Crippen molar-refractivity contribution in [3.63, 3.8) is 0 Å². The van der Waals surface area contributed by atoms with Crippen LogP contribution in [-0.4, -0.2) is 18.5 Å². The second kappa shape index (κ2) is 5.75. The van der Waals surface area contributed by atoms with E-state index in [9.17, 15) is 9.90 Å². The second-order valence-corrected chi connectivity index (χ2v) is 4.09. The second-order valence-electron chi connectivity index (χ2n) is 3.17. The topological polar surface area (TPSA) is 46.5 Å². The standard InChI is InChI=1S/C11H13BrO3/c1-15-10-7-9(12)6-8(11(10)14)4-2-3-5-13/h5-7,14H,2-4H2,1H3. The fourth-order valence-electron chi connectivity index (χ4n) is 1.35. The zero-order valence-electron chi connectivity index (χ0n) is 8.50. The zero-order chi connectivity index (χ0) is 11.3. The number of unbranched alkanes of at least 4 members (excludes halogenated alkanes) is 1. The van der Waals surface area contributed by atoms with E-state index in [4.69, 9.17) is 4.74 Å². The van der Waals surface area contributed by atoms with E-state index in [0.29, 0.717) is 18.6 Å². The lowest BCUT2D eigenvalue weighted by atomic mass is 10.1. The van der Waals surface area contributed by atoms with Gasteiger partial charge in [-0.3, -0.25) is 0 Å². The summed E-state index contributed by atoms with van der Waals surface area (Å²) in [5, 5.41) is 9.78. The third-order valence-corrected chi connectivity index (χ3v) is 2.56. The number of phenols is 1. The third-order valence-electron chi connectivity index (χ3n) is 2.11. The van der Waals surface area contributed by atoms with Crippen LogP contribution in [0.3, 0.4) is 0 Å². The van der Waals surface area contributed by atoms with E-state index >= 15 is 0 Å². The Hall–Kier alpha value is -1.03. The van der Waals surface area contributed by atoms with Gasteiger partial charge in [0.25, 0.3) is 0 Å². The molecule has 0 aliphatic heterocycles. The van der Waals surface area contributed by atoms with E-state index in [1.807, 2.05) is 6.07 Å². The van der Waals surface area contributed by atoms with Crippen LogP contribution in [0.4, 0.5) is 0 Å². The predicted molar refractivity (Wildman–Crippen MR) is 61.4 cm³/mol. The Balaban J connectivity index is 2.86. The molecular weight excluding hydrogens is 260 g/mol. The first-order chi connectivity index (χ1) is 7.19. The molecule has 15 heavy (non-hydrogen) atoms. The van der Waals surface area contributed by atoms with Gasteiger partial charge in [-0.1, -0.05) is 15.9 Å². The summed E-state index contributed by atoms with van der Waals surface area (Å²) in [6, 6.07) is 3.54. The van der Waals surface area contributed by atoms with Gasteiger partial charge in [-0.15, -0.1) is 0 Å². The lowest BCUT2D eigenvalue weighted by Gasteiger charge is -2.09. The van der Waals surface area contributed by atoms with Crippen LogP contribution >= 0.6 is 15.9 Å². The highest BCUT2D eigenvalue weighted by molar-refractivity contribution is 9.10. The fraction of sp³-hybridized carbons (Fsp3) is 0.364. The molecule has 0 aliphatic carbocycles. The molecule has 0 amide bonds. The van der Waals surface area contributed by atoms with E-state index in [1.165, 1.54) is 7.11 Å². The largest absolute Gasteiger partial charge is 0.504 e. The number of ether oxygens (including phenoxy) is 1. The van der Waals surface area contributed by atoms with Crippen molar-refractivity contribution in [3.05, 3.63) is 22.2 Å². The maximum Gasteiger partial charge on any atom is 0.161 e. The summed E-state index contributed by atoms with van der Waals surface area (Å²) >= 11 is 3.34. The number of methoxy groups -OCH3 is 1. The van der Waals surface area contributed by atoms with Crippen molar-refractivity contribution in [2.24, 2.45) is 0 Å². The van der Waals surface area contributed by atoms with Gasteiger partial charge >= 0.3 is 0 Å². The van der Waals surface area contributed by atoms with Crippen molar-refractivity contribution in [1.82, 2.24) is 0 Å². The molecule has 1 aromatic carbocycles. The Bertz CT molecular complexity index is 350. The van der Waals surface area contributed by atoms with Gasteiger partial charge in [-0.25, -0.2) is 0 Å². The van der Waals surface area contributed by atoms with Gasteiger partial charge in [0.2, 0.25) is 0 Å². The normalized spacial score (nSPS) is 10.0. The van der Waals surface area contributed by atoms with Gasteiger partial charge in [0.1, 0.15) is 6.29 Å². The minimum Gasteiger partial charge on any atom is -0.504 e. The maximum atomic E-state index is 10.2. The van der Waals surface area contributed by atoms with Gasteiger partial charge < -0.3 is 14.6 Å². The molecule has 0 unspecified atom stereocenters. The van der Waals surface area contributed by atoms with E-state index in [0.717, 1.165) is 22.7 Å². The number of phenolic OH excluding ortho intramolecular Hbond substituents is 1. The number of hydrogen-bond donors (Lipinski definition) is 1. The Kier molecular flexibility index (Phi) is 4.62. The number of halogens is 1. The van der Waals surface area contributed by atoms with Crippen LogP contribution in [0.15, 0.2) is 16.6 Å². The summed E-state index contributed by atoms with van der Waals surface area (Å²) in [4.78, 5) is 10.2. The first-order valence-corrected chi connectivity index (χ1v) is 5.47. The molecule has 0 bridgehead atoms. The summed E-state index contributed by atoms with van der Waals surface area (Å²) < 4.78 is 5.88. The molecule has 0 saturated heterocycles. The number of aldehydes is 1. The van der Waals surface area contributed by atoms with Gasteiger partial charge in [0.05, 0.1) is 7.11 Å². The van der Waals surface area contributed by atoms with Gasteiger partial charge in [0, 0.05) is 10.9 Å². The molecule has 1 rings (SSSR count). The molecule has 1 aromatic rings. The SMILES string of the molecule is COc1cc(Br)cc(CCCC=O)c1O. The number of hydrogen-bond acceptors (Lipinski definition) is 3. The summed E-state index contributed by atoms with van der Waals surface area (Å²) in [7, 11) is 1.51. The van der Waals surface area contributed by atoms with E-state index < -0.39 is 0 Å². The number of aryl methyl sites for hydroxylation is 1. The fourth-order valence-corrected chi connectivity index (χ4v) is 1.83. The van der Waals surface area contributed by atoms with Crippen LogP contribution in [0.5, 0.6) is 11.5 Å². The monoisotopic (exact) mass is 272 g/mol. The van der Waals surface area contributed by atoms with Gasteiger partial charge in [-0.05, 0) is 30.5 Å². The number of carbonyl (C=O) groups is 1. The molecule has 0 radical (unpaired) electrons. The molecular formula is C11H13BrO3. The lowest BCUT2D eigenvalue weighted by molar-refractivity contribution is -0.107. The lowest BCUT2D eigenvalue weighted by Crippen LogP contribution is -1.91. The van der Waals surface area contributed by atoms with E-state index in [1.54, 1.807) is 6.07 Å². The van der Waals surface area contributed by atoms with Crippen molar-refractivity contribution in [2.75, 3.05) is 7.11 Å². The van der Waals surface area contributed by atoms with E-state index in [2.05, 4.69) is 15.9 Å². The van der Waals surface area contributed by atoms with Crippen molar-refractivity contribution in [2.45, 2.75) is 19.3 Å². The van der Waals surface area contributed by atoms with Crippen molar-refractivity contribution in [3.8, 4) is 11.5 Å². The number of benzene rings is 1. The molecule has 0 aliphatic rings. The minimum absolute atomic E-state index is 0.159. The van der Waals surface area contributed by atoms with Crippen LogP contribution in [0, 0.1) is 0 Å². The molecule has 0 fully saturated rings. The highest BCUT2D eigenvalue weighted by Gasteiger charge is 2.09. The summed E-state index contributed by atoms with van der Waals surface area (Å²) in [5.74, 6) is 0.608. The average Bonchev–Trinajstić information content (AvgIpc) is 2.23. The quantitative estimate of drug-likeness (QED) is 0.662. The molecule has 0 atom stereocenters. The molecule has 0 aromatic heterocycles. The summed E-state index contributed by atoms with van der Waals surface area (Å²) in [5.41, 5.74) is 0.795. The molecule has 0 heterocycles. The molecule has 0 spiro atoms.